The van der Waals surface area contributed by atoms with Crippen LogP contribution >= 0.6 is 11.6 Å². The van der Waals surface area contributed by atoms with Crippen LogP contribution in [0.4, 0.5) is 23.1 Å². The van der Waals surface area contributed by atoms with Gasteiger partial charge in [0.05, 0.1) is 23.3 Å². The molecule has 1 aliphatic rings. The highest BCUT2D eigenvalue weighted by molar-refractivity contribution is 6.31. The van der Waals surface area contributed by atoms with E-state index in [1.165, 1.54) is 18.2 Å². The molecule has 8 nitrogen and oxygen atoms in total. The van der Waals surface area contributed by atoms with Crippen molar-refractivity contribution in [3.63, 3.8) is 0 Å². The maximum absolute atomic E-state index is 11.3. The van der Waals surface area contributed by atoms with Gasteiger partial charge in [-0.1, -0.05) is 25.4 Å². The Kier molecular flexibility index (Phi) is 5.76. The summed E-state index contributed by atoms with van der Waals surface area (Å²) < 4.78 is 0. The van der Waals surface area contributed by atoms with Crippen molar-refractivity contribution < 1.29 is 10.0 Å². The molecule has 1 aliphatic carbocycles. The number of rotatable bonds is 8. The molecule has 1 heterocycles. The SMILES string of the molecule is CC(C)[C@@H](CO)Nc1nc(Nc2cc(Cl)ccc2[N+](=O)[O-])cc(C2CC2)n1. The van der Waals surface area contributed by atoms with Gasteiger partial charge < -0.3 is 15.7 Å². The number of aromatic nitrogens is 2. The first kappa shape index (κ1) is 19.3. The van der Waals surface area contributed by atoms with E-state index in [0.717, 1.165) is 18.5 Å². The molecule has 0 amide bonds. The number of nitrogens with one attached hydrogen (secondary N) is 2. The fourth-order valence-corrected chi connectivity index (χ4v) is 2.85. The second-order valence-corrected chi connectivity index (χ2v) is 7.43. The molecular weight excluding hydrogens is 370 g/mol. The minimum Gasteiger partial charge on any atom is -0.394 e. The molecule has 1 fully saturated rings. The topological polar surface area (TPSA) is 113 Å². The number of nitrogens with zero attached hydrogens (tertiary/aromatic N) is 3. The number of hydrogen-bond donors (Lipinski definition) is 3. The van der Waals surface area contributed by atoms with Crippen LogP contribution < -0.4 is 10.6 Å². The second kappa shape index (κ2) is 8.06. The average molecular weight is 392 g/mol. The number of benzene rings is 1. The highest BCUT2D eigenvalue weighted by Crippen LogP contribution is 2.40. The summed E-state index contributed by atoms with van der Waals surface area (Å²) in [6.45, 7) is 3.94. The van der Waals surface area contributed by atoms with Crippen molar-refractivity contribution in [2.75, 3.05) is 17.2 Å². The van der Waals surface area contributed by atoms with Crippen molar-refractivity contribution in [3.05, 3.63) is 45.1 Å². The van der Waals surface area contributed by atoms with Crippen LogP contribution in [-0.4, -0.2) is 32.6 Å². The highest BCUT2D eigenvalue weighted by Gasteiger charge is 2.27. The van der Waals surface area contributed by atoms with Gasteiger partial charge in [0.15, 0.2) is 0 Å². The number of nitro benzene ring substituents is 1. The summed E-state index contributed by atoms with van der Waals surface area (Å²) in [6.07, 6.45) is 2.11. The predicted molar refractivity (Wildman–Crippen MR) is 105 cm³/mol. The van der Waals surface area contributed by atoms with Crippen LogP contribution in [0.5, 0.6) is 0 Å². The van der Waals surface area contributed by atoms with E-state index in [-0.39, 0.29) is 29.9 Å². The first-order valence-electron chi connectivity index (χ1n) is 8.84. The van der Waals surface area contributed by atoms with E-state index in [0.29, 0.717) is 22.7 Å². The summed E-state index contributed by atoms with van der Waals surface area (Å²) in [5, 5.41) is 27.4. The Labute approximate surface area is 162 Å². The Morgan fingerprint density at radius 3 is 2.67 bits per heavy atom. The summed E-state index contributed by atoms with van der Waals surface area (Å²) in [4.78, 5) is 19.8. The van der Waals surface area contributed by atoms with Crippen LogP contribution in [-0.2, 0) is 0 Å². The number of nitro groups is 1. The fraction of sp³-hybridized carbons (Fsp3) is 0.444. The lowest BCUT2D eigenvalue weighted by Gasteiger charge is -2.20. The fourth-order valence-electron chi connectivity index (χ4n) is 2.68. The van der Waals surface area contributed by atoms with Crippen LogP contribution in [0.15, 0.2) is 24.3 Å². The molecule has 1 aromatic carbocycles. The lowest BCUT2D eigenvalue weighted by atomic mass is 10.1. The summed E-state index contributed by atoms with van der Waals surface area (Å²) in [7, 11) is 0. The lowest BCUT2D eigenvalue weighted by molar-refractivity contribution is -0.383. The van der Waals surface area contributed by atoms with Crippen molar-refractivity contribution in [3.8, 4) is 0 Å². The molecule has 3 N–H and O–H groups in total. The number of aliphatic hydroxyl groups excluding tert-OH is 1. The number of aliphatic hydroxyl groups is 1. The quantitative estimate of drug-likeness (QED) is 0.458. The Morgan fingerprint density at radius 2 is 2.07 bits per heavy atom. The van der Waals surface area contributed by atoms with E-state index in [1.807, 2.05) is 13.8 Å². The standard InChI is InChI=1S/C18H22ClN5O3/c1-10(2)15(9-25)22-18-21-13(11-3-4-11)8-17(23-18)20-14-7-12(19)5-6-16(14)24(26)27/h5-8,10-11,15,25H,3-4,9H2,1-2H3,(H2,20,21,22,23)/t15-/m1/s1. The van der Waals surface area contributed by atoms with Gasteiger partial charge in [0, 0.05) is 23.1 Å². The maximum Gasteiger partial charge on any atom is 0.292 e. The van der Waals surface area contributed by atoms with Crippen LogP contribution in [0.2, 0.25) is 5.02 Å². The summed E-state index contributed by atoms with van der Waals surface area (Å²) in [5.41, 5.74) is 1.05. The van der Waals surface area contributed by atoms with E-state index in [1.54, 1.807) is 6.07 Å². The average Bonchev–Trinajstić information content (AvgIpc) is 3.44. The minimum absolute atomic E-state index is 0.0444. The van der Waals surface area contributed by atoms with Crippen molar-refractivity contribution in [1.82, 2.24) is 9.97 Å². The molecule has 0 unspecified atom stereocenters. The van der Waals surface area contributed by atoms with Crippen molar-refractivity contribution in [2.24, 2.45) is 5.92 Å². The van der Waals surface area contributed by atoms with Crippen molar-refractivity contribution >= 4 is 34.7 Å². The number of hydrogen-bond acceptors (Lipinski definition) is 7. The zero-order valence-electron chi connectivity index (χ0n) is 15.1. The Morgan fingerprint density at radius 1 is 1.33 bits per heavy atom. The third kappa shape index (κ3) is 4.84. The Hall–Kier alpha value is -2.45. The van der Waals surface area contributed by atoms with E-state index < -0.39 is 4.92 Å². The molecule has 27 heavy (non-hydrogen) atoms. The first-order chi connectivity index (χ1) is 12.9. The van der Waals surface area contributed by atoms with Gasteiger partial charge in [0.2, 0.25) is 5.95 Å². The van der Waals surface area contributed by atoms with Crippen LogP contribution in [0.1, 0.15) is 38.3 Å². The van der Waals surface area contributed by atoms with Gasteiger partial charge >= 0.3 is 0 Å². The largest absolute Gasteiger partial charge is 0.394 e. The van der Waals surface area contributed by atoms with Gasteiger partial charge in [-0.3, -0.25) is 10.1 Å². The summed E-state index contributed by atoms with van der Waals surface area (Å²) in [6, 6.07) is 5.94. The Balaban J connectivity index is 1.93. The maximum atomic E-state index is 11.3. The second-order valence-electron chi connectivity index (χ2n) is 7.00. The number of halogens is 1. The normalized spacial score (nSPS) is 14.9. The van der Waals surface area contributed by atoms with Gasteiger partial charge in [0.1, 0.15) is 11.5 Å². The van der Waals surface area contributed by atoms with Crippen molar-refractivity contribution in [1.29, 1.82) is 0 Å². The third-order valence-corrected chi connectivity index (χ3v) is 4.71. The molecule has 3 rings (SSSR count). The lowest BCUT2D eigenvalue weighted by Crippen LogP contribution is -2.30. The molecule has 1 aromatic heterocycles. The van der Waals surface area contributed by atoms with Gasteiger partial charge in [-0.05, 0) is 30.9 Å². The van der Waals surface area contributed by atoms with Crippen molar-refractivity contribution in [2.45, 2.75) is 38.6 Å². The first-order valence-corrected chi connectivity index (χ1v) is 9.22. The molecule has 0 aliphatic heterocycles. The van der Waals surface area contributed by atoms with Gasteiger partial charge in [0.25, 0.3) is 5.69 Å². The molecule has 0 spiro atoms. The van der Waals surface area contributed by atoms with E-state index >= 15 is 0 Å². The van der Waals surface area contributed by atoms with E-state index in [2.05, 4.69) is 20.6 Å². The predicted octanol–water partition coefficient (Wildman–Crippen LogP) is 4.09. The zero-order valence-corrected chi connectivity index (χ0v) is 15.9. The van der Waals surface area contributed by atoms with Gasteiger partial charge in [-0.2, -0.15) is 4.98 Å². The number of anilines is 3. The zero-order chi connectivity index (χ0) is 19.6. The van der Waals surface area contributed by atoms with Gasteiger partial charge in [-0.25, -0.2) is 4.98 Å². The van der Waals surface area contributed by atoms with Crippen LogP contribution in [0, 0.1) is 16.0 Å². The summed E-state index contributed by atoms with van der Waals surface area (Å²) >= 11 is 6.00. The molecular formula is C18H22ClN5O3. The monoisotopic (exact) mass is 391 g/mol. The van der Waals surface area contributed by atoms with E-state index in [9.17, 15) is 15.2 Å². The molecule has 0 bridgehead atoms. The van der Waals surface area contributed by atoms with E-state index in [4.69, 9.17) is 11.6 Å². The van der Waals surface area contributed by atoms with Crippen LogP contribution in [0.25, 0.3) is 0 Å². The minimum atomic E-state index is -0.471. The van der Waals surface area contributed by atoms with Gasteiger partial charge in [-0.15, -0.1) is 0 Å². The summed E-state index contributed by atoms with van der Waals surface area (Å²) in [5.74, 6) is 1.39. The smallest absolute Gasteiger partial charge is 0.292 e. The highest BCUT2D eigenvalue weighted by atomic mass is 35.5. The molecule has 2 aromatic rings. The molecule has 144 valence electrons. The third-order valence-electron chi connectivity index (χ3n) is 4.48. The molecule has 1 saturated carbocycles. The molecule has 0 saturated heterocycles. The molecule has 0 radical (unpaired) electrons. The Bertz CT molecular complexity index is 842. The molecule has 1 atom stereocenters. The molecule has 9 heteroatoms. The van der Waals surface area contributed by atoms with Crippen LogP contribution in [0.3, 0.4) is 0 Å².